The number of rotatable bonds is 6. The zero-order valence-electron chi connectivity index (χ0n) is 12.2. The van der Waals surface area contributed by atoms with Gasteiger partial charge in [0.05, 0.1) is 0 Å². The SMILES string of the molecule is CCSCCC(C)NC1CCCC(C)(C)CC1. The van der Waals surface area contributed by atoms with Crippen molar-refractivity contribution < 1.29 is 0 Å². The van der Waals surface area contributed by atoms with E-state index in [1.54, 1.807) is 0 Å². The van der Waals surface area contributed by atoms with Crippen LogP contribution in [-0.2, 0) is 0 Å². The van der Waals surface area contributed by atoms with E-state index in [1.165, 1.54) is 50.0 Å². The summed E-state index contributed by atoms with van der Waals surface area (Å²) < 4.78 is 0. The van der Waals surface area contributed by atoms with Crippen LogP contribution in [0.1, 0.15) is 66.2 Å². The van der Waals surface area contributed by atoms with Gasteiger partial charge in [-0.3, -0.25) is 0 Å². The minimum Gasteiger partial charge on any atom is -0.311 e. The first-order chi connectivity index (χ1) is 8.03. The average molecular weight is 257 g/mol. The summed E-state index contributed by atoms with van der Waals surface area (Å²) in [7, 11) is 0. The Morgan fingerprint density at radius 2 is 2.06 bits per heavy atom. The molecule has 0 amide bonds. The van der Waals surface area contributed by atoms with Gasteiger partial charge in [0, 0.05) is 12.1 Å². The fraction of sp³-hybridized carbons (Fsp3) is 1.00. The summed E-state index contributed by atoms with van der Waals surface area (Å²) in [4.78, 5) is 0. The van der Waals surface area contributed by atoms with Gasteiger partial charge in [0.15, 0.2) is 0 Å². The Balaban J connectivity index is 2.22. The fourth-order valence-corrected chi connectivity index (χ4v) is 3.53. The Morgan fingerprint density at radius 3 is 2.76 bits per heavy atom. The minimum absolute atomic E-state index is 0.581. The van der Waals surface area contributed by atoms with Crippen molar-refractivity contribution in [1.29, 1.82) is 0 Å². The summed E-state index contributed by atoms with van der Waals surface area (Å²) in [5.41, 5.74) is 0.581. The van der Waals surface area contributed by atoms with Crippen LogP contribution in [-0.4, -0.2) is 23.6 Å². The molecule has 1 aliphatic carbocycles. The zero-order chi connectivity index (χ0) is 12.7. The summed E-state index contributed by atoms with van der Waals surface area (Å²) in [6.45, 7) is 9.45. The third kappa shape index (κ3) is 6.71. The van der Waals surface area contributed by atoms with Crippen molar-refractivity contribution in [1.82, 2.24) is 5.32 Å². The molecular weight excluding hydrogens is 226 g/mol. The Kier molecular flexibility index (Phi) is 6.94. The normalized spacial score (nSPS) is 26.5. The van der Waals surface area contributed by atoms with Gasteiger partial charge < -0.3 is 5.32 Å². The highest BCUT2D eigenvalue weighted by atomic mass is 32.2. The molecule has 0 aromatic rings. The molecule has 0 aliphatic heterocycles. The monoisotopic (exact) mass is 257 g/mol. The van der Waals surface area contributed by atoms with E-state index in [2.05, 4.69) is 44.8 Å². The quantitative estimate of drug-likeness (QED) is 0.557. The molecule has 0 bridgehead atoms. The predicted molar refractivity (Wildman–Crippen MR) is 80.9 cm³/mol. The van der Waals surface area contributed by atoms with Crippen molar-refractivity contribution in [2.24, 2.45) is 5.41 Å². The van der Waals surface area contributed by atoms with Crippen molar-refractivity contribution in [2.45, 2.75) is 78.3 Å². The van der Waals surface area contributed by atoms with Crippen LogP contribution in [0.5, 0.6) is 0 Å². The van der Waals surface area contributed by atoms with E-state index in [0.717, 1.165) is 6.04 Å². The maximum Gasteiger partial charge on any atom is 0.00697 e. The second-order valence-electron chi connectivity index (χ2n) is 6.35. The fourth-order valence-electron chi connectivity index (χ4n) is 2.72. The van der Waals surface area contributed by atoms with Gasteiger partial charge >= 0.3 is 0 Å². The molecule has 0 heterocycles. The van der Waals surface area contributed by atoms with Crippen LogP contribution in [0, 0.1) is 5.41 Å². The highest BCUT2D eigenvalue weighted by molar-refractivity contribution is 7.99. The first-order valence-electron chi connectivity index (χ1n) is 7.37. The molecule has 0 spiro atoms. The van der Waals surface area contributed by atoms with Crippen molar-refractivity contribution >= 4 is 11.8 Å². The molecule has 2 unspecified atom stereocenters. The molecule has 0 saturated heterocycles. The first-order valence-corrected chi connectivity index (χ1v) is 8.53. The van der Waals surface area contributed by atoms with E-state index in [9.17, 15) is 0 Å². The highest BCUT2D eigenvalue weighted by Crippen LogP contribution is 2.33. The van der Waals surface area contributed by atoms with Gasteiger partial charge in [0.25, 0.3) is 0 Å². The van der Waals surface area contributed by atoms with E-state index >= 15 is 0 Å². The lowest BCUT2D eigenvalue weighted by Crippen LogP contribution is -2.36. The second-order valence-corrected chi connectivity index (χ2v) is 7.74. The van der Waals surface area contributed by atoms with Crippen LogP contribution in [0.15, 0.2) is 0 Å². The maximum absolute atomic E-state index is 3.84. The molecule has 1 nitrogen and oxygen atoms in total. The average Bonchev–Trinajstić information content (AvgIpc) is 2.41. The molecule has 17 heavy (non-hydrogen) atoms. The van der Waals surface area contributed by atoms with Crippen LogP contribution in [0.3, 0.4) is 0 Å². The van der Waals surface area contributed by atoms with Crippen LogP contribution in [0.4, 0.5) is 0 Å². The topological polar surface area (TPSA) is 12.0 Å². The van der Waals surface area contributed by atoms with Gasteiger partial charge in [-0.05, 0) is 55.9 Å². The molecule has 2 atom stereocenters. The molecule has 1 aliphatic rings. The van der Waals surface area contributed by atoms with E-state index in [4.69, 9.17) is 0 Å². The van der Waals surface area contributed by atoms with Gasteiger partial charge in [-0.15, -0.1) is 0 Å². The lowest BCUT2D eigenvalue weighted by Gasteiger charge is -2.24. The largest absolute Gasteiger partial charge is 0.311 e. The number of nitrogens with one attached hydrogen (secondary N) is 1. The van der Waals surface area contributed by atoms with Gasteiger partial charge in [0.1, 0.15) is 0 Å². The molecule has 1 fully saturated rings. The Morgan fingerprint density at radius 1 is 1.29 bits per heavy atom. The van der Waals surface area contributed by atoms with Crippen LogP contribution in [0.2, 0.25) is 0 Å². The summed E-state index contributed by atoms with van der Waals surface area (Å²) in [6, 6.07) is 1.47. The number of hydrogen-bond donors (Lipinski definition) is 1. The lowest BCUT2D eigenvalue weighted by atomic mass is 9.85. The smallest absolute Gasteiger partial charge is 0.00697 e. The molecule has 2 heteroatoms. The van der Waals surface area contributed by atoms with Crippen molar-refractivity contribution in [3.05, 3.63) is 0 Å². The Hall–Kier alpha value is 0.310. The standard InChI is InChI=1S/C15H31NS/c1-5-17-12-9-13(2)16-14-7-6-10-15(3,4)11-8-14/h13-14,16H,5-12H2,1-4H3. The van der Waals surface area contributed by atoms with Gasteiger partial charge in [-0.1, -0.05) is 27.2 Å². The first kappa shape index (κ1) is 15.4. The maximum atomic E-state index is 3.84. The van der Waals surface area contributed by atoms with E-state index in [0.29, 0.717) is 11.5 Å². The molecule has 1 rings (SSSR count). The van der Waals surface area contributed by atoms with Crippen molar-refractivity contribution in [2.75, 3.05) is 11.5 Å². The van der Waals surface area contributed by atoms with Gasteiger partial charge in [-0.2, -0.15) is 11.8 Å². The minimum atomic E-state index is 0.581. The van der Waals surface area contributed by atoms with E-state index < -0.39 is 0 Å². The zero-order valence-corrected chi connectivity index (χ0v) is 13.0. The molecule has 102 valence electrons. The van der Waals surface area contributed by atoms with E-state index in [1.807, 2.05) is 0 Å². The summed E-state index contributed by atoms with van der Waals surface area (Å²) in [5, 5.41) is 3.84. The van der Waals surface area contributed by atoms with Crippen molar-refractivity contribution in [3.63, 3.8) is 0 Å². The van der Waals surface area contributed by atoms with Crippen LogP contribution in [0.25, 0.3) is 0 Å². The summed E-state index contributed by atoms with van der Waals surface area (Å²) >= 11 is 2.06. The summed E-state index contributed by atoms with van der Waals surface area (Å²) in [6.07, 6.45) is 8.28. The predicted octanol–water partition coefficient (Wildman–Crippen LogP) is 4.47. The van der Waals surface area contributed by atoms with Crippen molar-refractivity contribution in [3.8, 4) is 0 Å². The third-order valence-corrected chi connectivity index (χ3v) is 4.93. The highest BCUT2D eigenvalue weighted by Gasteiger charge is 2.24. The third-order valence-electron chi connectivity index (χ3n) is 4.00. The molecular formula is C15H31NS. The van der Waals surface area contributed by atoms with Crippen LogP contribution >= 0.6 is 11.8 Å². The number of hydrogen-bond acceptors (Lipinski definition) is 2. The van der Waals surface area contributed by atoms with Gasteiger partial charge in [-0.25, -0.2) is 0 Å². The van der Waals surface area contributed by atoms with Crippen LogP contribution < -0.4 is 5.32 Å². The Labute approximate surface area is 113 Å². The molecule has 1 N–H and O–H groups in total. The number of thioether (sulfide) groups is 1. The summed E-state index contributed by atoms with van der Waals surface area (Å²) in [5.74, 6) is 2.56. The van der Waals surface area contributed by atoms with E-state index in [-0.39, 0.29) is 0 Å². The second kappa shape index (κ2) is 7.68. The molecule has 1 saturated carbocycles. The molecule has 0 aromatic carbocycles. The molecule has 0 aromatic heterocycles. The van der Waals surface area contributed by atoms with Gasteiger partial charge in [0.2, 0.25) is 0 Å². The molecule has 0 radical (unpaired) electrons. The Bertz CT molecular complexity index is 203. The lowest BCUT2D eigenvalue weighted by molar-refractivity contribution is 0.307.